The average molecular weight is 420 g/mol. The lowest BCUT2D eigenvalue weighted by atomic mass is 9.58. The lowest BCUT2D eigenvalue weighted by Gasteiger charge is -2.46. The summed E-state index contributed by atoms with van der Waals surface area (Å²) in [4.78, 5) is 0. The van der Waals surface area contributed by atoms with E-state index in [-0.39, 0.29) is 23.7 Å². The first-order chi connectivity index (χ1) is 14.3. The van der Waals surface area contributed by atoms with Gasteiger partial charge >= 0.3 is 6.18 Å². The molecule has 4 unspecified atom stereocenters. The third-order valence-corrected chi connectivity index (χ3v) is 6.81. The molecular formula is C25H25F5. The third kappa shape index (κ3) is 3.91. The van der Waals surface area contributed by atoms with E-state index in [2.05, 4.69) is 19.1 Å². The number of allylic oxidation sites excluding steroid dienone is 2. The normalized spacial score (nSPS) is 26.5. The van der Waals surface area contributed by atoms with Gasteiger partial charge in [0.15, 0.2) is 0 Å². The van der Waals surface area contributed by atoms with E-state index in [1.807, 2.05) is 0 Å². The topological polar surface area (TPSA) is 0 Å². The van der Waals surface area contributed by atoms with Crippen LogP contribution in [0.4, 0.5) is 22.0 Å². The van der Waals surface area contributed by atoms with Crippen molar-refractivity contribution in [3.63, 3.8) is 0 Å². The number of alkyl halides is 3. The molecule has 4 rings (SSSR count). The van der Waals surface area contributed by atoms with E-state index in [9.17, 15) is 22.0 Å². The second kappa shape index (κ2) is 8.16. The van der Waals surface area contributed by atoms with Gasteiger partial charge in [-0.15, -0.1) is 0 Å². The minimum atomic E-state index is -4.37. The van der Waals surface area contributed by atoms with Crippen LogP contribution in [0.3, 0.4) is 0 Å². The first-order valence-electron chi connectivity index (χ1n) is 10.6. The van der Waals surface area contributed by atoms with Crippen molar-refractivity contribution in [2.24, 2.45) is 11.8 Å². The van der Waals surface area contributed by atoms with E-state index >= 15 is 0 Å². The zero-order valence-electron chi connectivity index (χ0n) is 16.9. The summed E-state index contributed by atoms with van der Waals surface area (Å²) in [5.41, 5.74) is 1.58. The van der Waals surface area contributed by atoms with Crippen LogP contribution in [0.5, 0.6) is 0 Å². The molecule has 0 N–H and O–H groups in total. The van der Waals surface area contributed by atoms with Crippen LogP contribution in [0.2, 0.25) is 0 Å². The molecule has 160 valence electrons. The Bertz CT molecular complexity index is 926. The van der Waals surface area contributed by atoms with Gasteiger partial charge in [-0.2, -0.15) is 13.2 Å². The van der Waals surface area contributed by atoms with Gasteiger partial charge in [0.25, 0.3) is 0 Å². The van der Waals surface area contributed by atoms with E-state index < -0.39 is 23.4 Å². The highest BCUT2D eigenvalue weighted by molar-refractivity contribution is 5.39. The lowest BCUT2D eigenvalue weighted by Crippen LogP contribution is -2.35. The number of fused-ring (bicyclic) bond motifs is 3. The third-order valence-electron chi connectivity index (χ3n) is 6.81. The molecule has 0 bridgehead atoms. The quantitative estimate of drug-likeness (QED) is 0.351. The summed E-state index contributed by atoms with van der Waals surface area (Å²) < 4.78 is 67.4. The maximum atomic E-state index is 14.4. The fourth-order valence-electron chi connectivity index (χ4n) is 5.54. The lowest BCUT2D eigenvalue weighted by molar-refractivity contribution is -0.137. The van der Waals surface area contributed by atoms with Crippen molar-refractivity contribution in [2.45, 2.75) is 57.0 Å². The summed E-state index contributed by atoms with van der Waals surface area (Å²) in [6.07, 6.45) is 3.78. The van der Waals surface area contributed by atoms with Crippen molar-refractivity contribution in [2.75, 3.05) is 0 Å². The van der Waals surface area contributed by atoms with E-state index in [1.54, 1.807) is 12.1 Å². The van der Waals surface area contributed by atoms with Gasteiger partial charge in [0.05, 0.1) is 5.56 Å². The molecule has 30 heavy (non-hydrogen) atoms. The molecule has 2 aromatic carbocycles. The smallest absolute Gasteiger partial charge is 0.207 e. The van der Waals surface area contributed by atoms with Crippen LogP contribution >= 0.6 is 0 Å². The maximum absolute atomic E-state index is 14.4. The Kier molecular flexibility index (Phi) is 5.73. The number of rotatable bonds is 3. The van der Waals surface area contributed by atoms with Gasteiger partial charge in [0, 0.05) is 6.07 Å². The van der Waals surface area contributed by atoms with Gasteiger partial charge in [0.2, 0.25) is 0 Å². The van der Waals surface area contributed by atoms with Gasteiger partial charge < -0.3 is 0 Å². The highest BCUT2D eigenvalue weighted by Gasteiger charge is 2.43. The Labute approximate surface area is 173 Å². The molecule has 2 aliphatic carbocycles. The molecule has 4 atom stereocenters. The molecule has 2 aliphatic rings. The van der Waals surface area contributed by atoms with Crippen LogP contribution in [-0.2, 0) is 12.6 Å². The molecule has 0 spiro atoms. The van der Waals surface area contributed by atoms with Crippen molar-refractivity contribution in [1.29, 1.82) is 0 Å². The average Bonchev–Trinajstić information content (AvgIpc) is 2.70. The second-order valence-corrected chi connectivity index (χ2v) is 8.49. The van der Waals surface area contributed by atoms with Crippen molar-refractivity contribution >= 4 is 0 Å². The zero-order chi connectivity index (χ0) is 21.5. The van der Waals surface area contributed by atoms with Crippen molar-refractivity contribution in [3.05, 3.63) is 82.4 Å². The standard InChI is InChI=1S/C25H25F5/c1-2-3-4-15-7-10-19-21(12-11-20-22(19)13-18(26)14-23(20)27)24(15)16-5-8-17(9-6-16)25(28,29)30/h3-6,8-9,13-15,19,21,24H,2,7,10-12H2,1H3. The molecule has 0 aliphatic heterocycles. The first kappa shape index (κ1) is 21.1. The van der Waals surface area contributed by atoms with E-state index in [4.69, 9.17) is 0 Å². The number of benzene rings is 2. The van der Waals surface area contributed by atoms with Crippen LogP contribution in [-0.4, -0.2) is 0 Å². The predicted octanol–water partition coefficient (Wildman–Crippen LogP) is 7.79. The largest absolute Gasteiger partial charge is 0.416 e. The predicted molar refractivity (Wildman–Crippen MR) is 107 cm³/mol. The van der Waals surface area contributed by atoms with Crippen molar-refractivity contribution in [3.8, 4) is 0 Å². The van der Waals surface area contributed by atoms with E-state index in [0.29, 0.717) is 12.0 Å². The maximum Gasteiger partial charge on any atom is 0.416 e. The summed E-state index contributed by atoms with van der Waals surface area (Å²) in [5.74, 6) is -0.627. The Balaban J connectivity index is 1.74. The Morgan fingerprint density at radius 1 is 1.00 bits per heavy atom. The minimum Gasteiger partial charge on any atom is -0.207 e. The highest BCUT2D eigenvalue weighted by Crippen LogP contribution is 2.54. The summed E-state index contributed by atoms with van der Waals surface area (Å²) in [6, 6.07) is 7.88. The summed E-state index contributed by atoms with van der Waals surface area (Å²) >= 11 is 0. The van der Waals surface area contributed by atoms with E-state index in [1.165, 1.54) is 6.07 Å². The Hall–Kier alpha value is -2.17. The number of hydrogen-bond donors (Lipinski definition) is 0. The minimum absolute atomic E-state index is 0.0255. The number of halogens is 5. The highest BCUT2D eigenvalue weighted by atomic mass is 19.4. The molecule has 1 fully saturated rings. The van der Waals surface area contributed by atoms with Crippen LogP contribution in [0.25, 0.3) is 0 Å². The summed E-state index contributed by atoms with van der Waals surface area (Å²) in [6.45, 7) is 2.05. The van der Waals surface area contributed by atoms with E-state index in [0.717, 1.165) is 55.0 Å². The second-order valence-electron chi connectivity index (χ2n) is 8.49. The summed E-state index contributed by atoms with van der Waals surface area (Å²) in [7, 11) is 0. The van der Waals surface area contributed by atoms with Crippen LogP contribution in [0.1, 0.15) is 66.7 Å². The van der Waals surface area contributed by atoms with Gasteiger partial charge in [-0.25, -0.2) is 8.78 Å². The fraction of sp³-hybridized carbons (Fsp3) is 0.440. The van der Waals surface area contributed by atoms with Gasteiger partial charge in [-0.3, -0.25) is 0 Å². The van der Waals surface area contributed by atoms with Gasteiger partial charge in [-0.05, 0) is 90.7 Å². The molecule has 2 aromatic rings. The number of hydrogen-bond acceptors (Lipinski definition) is 0. The summed E-state index contributed by atoms with van der Waals surface area (Å²) in [5, 5.41) is 0. The van der Waals surface area contributed by atoms with Crippen LogP contribution in [0, 0.1) is 23.5 Å². The SMILES string of the molecule is CCC=CC1CCC2c3cc(F)cc(F)c3CCC2C1c1ccc(C(F)(F)F)cc1. The zero-order valence-corrected chi connectivity index (χ0v) is 16.9. The molecular weight excluding hydrogens is 395 g/mol. The van der Waals surface area contributed by atoms with Gasteiger partial charge in [0.1, 0.15) is 11.6 Å². The van der Waals surface area contributed by atoms with Crippen LogP contribution in [0.15, 0.2) is 48.6 Å². The molecule has 5 heteroatoms. The molecule has 0 aromatic heterocycles. The molecule has 0 radical (unpaired) electrons. The van der Waals surface area contributed by atoms with Crippen molar-refractivity contribution in [1.82, 2.24) is 0 Å². The Morgan fingerprint density at radius 3 is 2.40 bits per heavy atom. The molecule has 0 heterocycles. The molecule has 1 saturated carbocycles. The fourth-order valence-corrected chi connectivity index (χ4v) is 5.54. The Morgan fingerprint density at radius 2 is 1.73 bits per heavy atom. The van der Waals surface area contributed by atoms with Crippen molar-refractivity contribution < 1.29 is 22.0 Å². The van der Waals surface area contributed by atoms with Gasteiger partial charge in [-0.1, -0.05) is 31.2 Å². The van der Waals surface area contributed by atoms with Crippen LogP contribution < -0.4 is 0 Å². The molecule has 0 amide bonds. The molecule has 0 nitrogen and oxygen atoms in total. The molecule has 0 saturated heterocycles. The first-order valence-corrected chi connectivity index (χ1v) is 10.6. The monoisotopic (exact) mass is 420 g/mol.